The van der Waals surface area contributed by atoms with Crippen LogP contribution in [-0.4, -0.2) is 29.0 Å². The molecule has 4 rings (SSSR count). The smallest absolute Gasteiger partial charge is 0.410 e. The SMILES string of the molecule is COc1ccc([C@@H]2C[C@@H](C(F)(F)F)n3nc(C(=O)NCc4ccco4)c(Br)c3N2)cc1. The number of benzene rings is 1. The van der Waals surface area contributed by atoms with E-state index < -0.39 is 24.2 Å². The fraction of sp³-hybridized carbons (Fsp3) is 0.300. The number of rotatable bonds is 5. The maximum Gasteiger partial charge on any atom is 0.410 e. The van der Waals surface area contributed by atoms with E-state index in [2.05, 4.69) is 31.7 Å². The Balaban J connectivity index is 1.64. The van der Waals surface area contributed by atoms with Gasteiger partial charge in [-0.15, -0.1) is 0 Å². The first-order valence-corrected chi connectivity index (χ1v) is 10.1. The third-order valence-electron chi connectivity index (χ3n) is 5.03. The number of ether oxygens (including phenoxy) is 1. The molecule has 0 saturated heterocycles. The second kappa shape index (κ2) is 8.29. The van der Waals surface area contributed by atoms with Crippen molar-refractivity contribution in [3.05, 3.63) is 64.2 Å². The molecule has 0 spiro atoms. The molecule has 3 aromatic rings. The molecular weight excluding hydrogens is 481 g/mol. The van der Waals surface area contributed by atoms with Gasteiger partial charge in [-0.2, -0.15) is 18.3 Å². The number of nitrogens with zero attached hydrogens (tertiary/aromatic N) is 2. The highest BCUT2D eigenvalue weighted by Gasteiger charge is 2.47. The molecule has 0 fully saturated rings. The van der Waals surface area contributed by atoms with Crippen LogP contribution in [0, 0.1) is 0 Å². The van der Waals surface area contributed by atoms with Gasteiger partial charge in [-0.3, -0.25) is 4.79 Å². The highest BCUT2D eigenvalue weighted by molar-refractivity contribution is 9.10. The van der Waals surface area contributed by atoms with Gasteiger partial charge in [0.1, 0.15) is 17.3 Å². The number of anilines is 1. The number of amides is 1. The van der Waals surface area contributed by atoms with Crippen LogP contribution in [0.4, 0.5) is 19.0 Å². The summed E-state index contributed by atoms with van der Waals surface area (Å²) in [4.78, 5) is 12.6. The molecule has 0 radical (unpaired) electrons. The summed E-state index contributed by atoms with van der Waals surface area (Å²) in [6, 6.07) is 7.62. The fourth-order valence-electron chi connectivity index (χ4n) is 3.45. The lowest BCUT2D eigenvalue weighted by Crippen LogP contribution is -2.35. The molecule has 164 valence electrons. The summed E-state index contributed by atoms with van der Waals surface area (Å²) in [5, 5.41) is 9.66. The number of alkyl halides is 3. The van der Waals surface area contributed by atoms with Crippen molar-refractivity contribution in [3.63, 3.8) is 0 Å². The first-order valence-electron chi connectivity index (χ1n) is 9.33. The van der Waals surface area contributed by atoms with E-state index >= 15 is 0 Å². The number of hydrogen-bond donors (Lipinski definition) is 2. The molecule has 2 atom stereocenters. The molecule has 1 aliphatic heterocycles. The van der Waals surface area contributed by atoms with Crippen molar-refractivity contribution in [1.82, 2.24) is 15.1 Å². The summed E-state index contributed by atoms with van der Waals surface area (Å²) in [5.74, 6) is 0.597. The summed E-state index contributed by atoms with van der Waals surface area (Å²) in [6.07, 6.45) is -3.36. The Labute approximate surface area is 183 Å². The first-order chi connectivity index (χ1) is 14.8. The molecule has 0 aliphatic carbocycles. The summed E-state index contributed by atoms with van der Waals surface area (Å²) in [7, 11) is 1.52. The zero-order chi connectivity index (χ0) is 22.2. The normalized spacial score (nSPS) is 18.2. The van der Waals surface area contributed by atoms with Crippen molar-refractivity contribution >= 4 is 27.7 Å². The predicted molar refractivity (Wildman–Crippen MR) is 109 cm³/mol. The van der Waals surface area contributed by atoms with Gasteiger partial charge in [0, 0.05) is 6.42 Å². The molecule has 2 N–H and O–H groups in total. The topological polar surface area (TPSA) is 81.3 Å². The van der Waals surface area contributed by atoms with Gasteiger partial charge in [0.05, 0.1) is 30.4 Å². The zero-order valence-electron chi connectivity index (χ0n) is 16.2. The Morgan fingerprint density at radius 1 is 1.35 bits per heavy atom. The molecule has 0 unspecified atom stereocenters. The van der Waals surface area contributed by atoms with Crippen LogP contribution in [0.3, 0.4) is 0 Å². The summed E-state index contributed by atoms with van der Waals surface area (Å²) in [5.41, 5.74) is 0.525. The molecule has 3 heterocycles. The van der Waals surface area contributed by atoms with Crippen LogP contribution in [0.1, 0.15) is 40.3 Å². The molecule has 0 bridgehead atoms. The lowest BCUT2D eigenvalue weighted by Gasteiger charge is -2.33. The van der Waals surface area contributed by atoms with E-state index in [1.807, 2.05) is 0 Å². The van der Waals surface area contributed by atoms with Gasteiger partial charge < -0.3 is 19.8 Å². The molecule has 2 aromatic heterocycles. The molecule has 1 amide bonds. The number of hydrogen-bond acceptors (Lipinski definition) is 5. The number of halogens is 4. The number of fused-ring (bicyclic) bond motifs is 1. The quantitative estimate of drug-likeness (QED) is 0.526. The standard InChI is InChI=1S/C20H18BrF3N4O3/c1-30-12-6-4-11(5-7-12)14-9-15(20(22,23)24)28-18(26-14)16(21)17(27-28)19(29)25-10-13-3-2-8-31-13/h2-8,14-15,26H,9-10H2,1H3,(H,25,29)/t14-,15-/m0/s1. The van der Waals surface area contributed by atoms with Gasteiger partial charge in [-0.05, 0) is 45.8 Å². The fourth-order valence-corrected chi connectivity index (χ4v) is 4.01. The predicted octanol–water partition coefficient (Wildman–Crippen LogP) is 4.84. The molecule has 0 saturated carbocycles. The van der Waals surface area contributed by atoms with E-state index in [1.54, 1.807) is 36.4 Å². The highest BCUT2D eigenvalue weighted by Crippen LogP contribution is 2.46. The Morgan fingerprint density at radius 3 is 2.71 bits per heavy atom. The van der Waals surface area contributed by atoms with Crippen molar-refractivity contribution in [2.24, 2.45) is 0 Å². The van der Waals surface area contributed by atoms with Gasteiger partial charge in [0.2, 0.25) is 0 Å². The second-order valence-electron chi connectivity index (χ2n) is 6.98. The van der Waals surface area contributed by atoms with Gasteiger partial charge in [0.15, 0.2) is 11.7 Å². The van der Waals surface area contributed by atoms with Crippen LogP contribution >= 0.6 is 15.9 Å². The first kappa shape index (κ1) is 21.3. The Morgan fingerprint density at radius 2 is 2.10 bits per heavy atom. The van der Waals surface area contributed by atoms with Crippen LogP contribution in [0.15, 0.2) is 51.6 Å². The summed E-state index contributed by atoms with van der Waals surface area (Å²) in [6.45, 7) is 0.0884. The van der Waals surface area contributed by atoms with E-state index in [9.17, 15) is 18.0 Å². The molecule has 1 aromatic carbocycles. The van der Waals surface area contributed by atoms with Crippen molar-refractivity contribution in [3.8, 4) is 5.75 Å². The van der Waals surface area contributed by atoms with Crippen molar-refractivity contribution in [1.29, 1.82) is 0 Å². The highest BCUT2D eigenvalue weighted by atomic mass is 79.9. The minimum atomic E-state index is -4.55. The van der Waals surface area contributed by atoms with Crippen molar-refractivity contribution < 1.29 is 27.1 Å². The number of methoxy groups -OCH3 is 1. The van der Waals surface area contributed by atoms with Gasteiger partial charge in [0.25, 0.3) is 5.91 Å². The van der Waals surface area contributed by atoms with E-state index in [1.165, 1.54) is 13.4 Å². The van der Waals surface area contributed by atoms with Crippen molar-refractivity contribution in [2.45, 2.75) is 31.2 Å². The Bertz CT molecular complexity index is 1060. The van der Waals surface area contributed by atoms with Crippen LogP contribution in [0.2, 0.25) is 0 Å². The molecular formula is C20H18BrF3N4O3. The average Bonchev–Trinajstić information content (AvgIpc) is 3.39. The van der Waals surface area contributed by atoms with Gasteiger partial charge in [-0.1, -0.05) is 12.1 Å². The third kappa shape index (κ3) is 4.27. The molecule has 1 aliphatic rings. The largest absolute Gasteiger partial charge is 0.497 e. The van der Waals surface area contributed by atoms with E-state index in [4.69, 9.17) is 9.15 Å². The van der Waals surface area contributed by atoms with E-state index in [0.29, 0.717) is 17.1 Å². The zero-order valence-corrected chi connectivity index (χ0v) is 17.8. The van der Waals surface area contributed by atoms with Gasteiger partial charge >= 0.3 is 6.18 Å². The number of aromatic nitrogens is 2. The second-order valence-corrected chi connectivity index (χ2v) is 7.77. The number of carbonyl (C=O) groups excluding carboxylic acids is 1. The lowest BCUT2D eigenvalue weighted by molar-refractivity contribution is -0.173. The van der Waals surface area contributed by atoms with Crippen LogP contribution in [0.25, 0.3) is 0 Å². The molecule has 11 heteroatoms. The van der Waals surface area contributed by atoms with Crippen molar-refractivity contribution in [2.75, 3.05) is 12.4 Å². The van der Waals surface area contributed by atoms with E-state index in [-0.39, 0.29) is 29.0 Å². The molecule has 7 nitrogen and oxygen atoms in total. The van der Waals surface area contributed by atoms with Crippen LogP contribution in [0.5, 0.6) is 5.75 Å². The third-order valence-corrected chi connectivity index (χ3v) is 5.78. The Hall–Kier alpha value is -2.95. The minimum absolute atomic E-state index is 0.0884. The maximum atomic E-state index is 13.9. The average molecular weight is 499 g/mol. The maximum absolute atomic E-state index is 13.9. The Kier molecular flexibility index (Phi) is 5.69. The van der Waals surface area contributed by atoms with E-state index in [0.717, 1.165) is 4.68 Å². The van der Waals surface area contributed by atoms with Crippen LogP contribution < -0.4 is 15.4 Å². The monoisotopic (exact) mass is 498 g/mol. The van der Waals surface area contributed by atoms with Gasteiger partial charge in [-0.25, -0.2) is 4.68 Å². The summed E-state index contributed by atoms with van der Waals surface area (Å²) >= 11 is 3.26. The summed E-state index contributed by atoms with van der Waals surface area (Å²) < 4.78 is 52.9. The van der Waals surface area contributed by atoms with Crippen LogP contribution in [-0.2, 0) is 6.54 Å². The minimum Gasteiger partial charge on any atom is -0.497 e. The number of carbonyl (C=O) groups is 1. The number of furan rings is 1. The lowest BCUT2D eigenvalue weighted by atomic mass is 9.97. The molecule has 31 heavy (non-hydrogen) atoms. The number of nitrogens with one attached hydrogen (secondary N) is 2.